The lowest BCUT2D eigenvalue weighted by Gasteiger charge is -2.26. The molecule has 0 aliphatic carbocycles. The van der Waals surface area contributed by atoms with Gasteiger partial charge in [-0.05, 0) is 6.07 Å². The molecule has 0 atom stereocenters. The zero-order chi connectivity index (χ0) is 12.3. The van der Waals surface area contributed by atoms with Crippen molar-refractivity contribution in [3.63, 3.8) is 0 Å². The van der Waals surface area contributed by atoms with Gasteiger partial charge in [0, 0.05) is 19.3 Å². The fourth-order valence-electron chi connectivity index (χ4n) is 1.61. The molecule has 92 valence electrons. The molecule has 0 spiro atoms. The fraction of sp³-hybridized carbons (Fsp3) is 0.400. The maximum atomic E-state index is 12.1. The molecule has 2 rings (SSSR count). The Balaban J connectivity index is 2.23. The third-order valence-electron chi connectivity index (χ3n) is 2.48. The molecule has 1 aliphatic heterocycles. The van der Waals surface area contributed by atoms with Crippen molar-refractivity contribution in [2.24, 2.45) is 0 Å². The average Bonchev–Trinajstić information content (AvgIpc) is 2.39. The van der Waals surface area contributed by atoms with E-state index in [1.165, 1.54) is 12.3 Å². The van der Waals surface area contributed by atoms with Crippen LogP contribution in [0.4, 0.5) is 5.69 Å². The van der Waals surface area contributed by atoms with Gasteiger partial charge in [-0.25, -0.2) is 4.98 Å². The summed E-state index contributed by atoms with van der Waals surface area (Å²) in [6.07, 6.45) is 1.37. The van der Waals surface area contributed by atoms with Crippen LogP contribution < -0.4 is 5.48 Å². The number of aromatic nitrogens is 1. The van der Waals surface area contributed by atoms with Crippen molar-refractivity contribution in [2.45, 2.75) is 0 Å². The maximum absolute atomic E-state index is 12.1. The summed E-state index contributed by atoms with van der Waals surface area (Å²) < 4.78 is 5.16. The van der Waals surface area contributed by atoms with Gasteiger partial charge in [-0.2, -0.15) is 0 Å². The zero-order valence-corrected chi connectivity index (χ0v) is 9.78. The van der Waals surface area contributed by atoms with E-state index in [0.29, 0.717) is 31.3 Å². The lowest BCUT2D eigenvalue weighted by molar-refractivity contribution is 0.0299. The van der Waals surface area contributed by atoms with Crippen LogP contribution in [0.15, 0.2) is 12.3 Å². The van der Waals surface area contributed by atoms with Gasteiger partial charge < -0.3 is 9.64 Å². The second kappa shape index (κ2) is 5.31. The maximum Gasteiger partial charge on any atom is 0.274 e. The summed E-state index contributed by atoms with van der Waals surface area (Å²) in [5.41, 5.74) is 2.29. The van der Waals surface area contributed by atoms with Crippen molar-refractivity contribution in [1.82, 2.24) is 9.88 Å². The molecule has 1 amide bonds. The van der Waals surface area contributed by atoms with E-state index in [1.54, 1.807) is 4.90 Å². The zero-order valence-electron chi connectivity index (χ0n) is 9.02. The number of anilines is 1. The largest absolute Gasteiger partial charge is 0.378 e. The molecule has 0 saturated carbocycles. The highest BCUT2D eigenvalue weighted by atomic mass is 35.5. The molecule has 0 unspecified atom stereocenters. The molecule has 2 heterocycles. The van der Waals surface area contributed by atoms with Gasteiger partial charge in [-0.3, -0.25) is 15.5 Å². The first kappa shape index (κ1) is 12.1. The number of hydrogen-bond acceptors (Lipinski definition) is 5. The SMILES string of the molecule is O=C(c1ncc(Cl)cc1NO)N1CCOCC1. The third-order valence-corrected chi connectivity index (χ3v) is 2.68. The van der Waals surface area contributed by atoms with E-state index < -0.39 is 0 Å². The summed E-state index contributed by atoms with van der Waals surface area (Å²) in [5, 5.41) is 9.29. The van der Waals surface area contributed by atoms with Gasteiger partial charge >= 0.3 is 0 Å². The van der Waals surface area contributed by atoms with Gasteiger partial charge in [0.15, 0.2) is 5.69 Å². The molecule has 17 heavy (non-hydrogen) atoms. The lowest BCUT2D eigenvalue weighted by atomic mass is 10.2. The molecule has 0 bridgehead atoms. The summed E-state index contributed by atoms with van der Waals surface area (Å²) in [6.45, 7) is 2.07. The molecule has 1 aliphatic rings. The van der Waals surface area contributed by atoms with E-state index in [9.17, 15) is 4.79 Å². The van der Waals surface area contributed by atoms with Gasteiger partial charge in [-0.15, -0.1) is 0 Å². The minimum atomic E-state index is -0.249. The van der Waals surface area contributed by atoms with E-state index in [4.69, 9.17) is 21.5 Å². The van der Waals surface area contributed by atoms with Crippen LogP contribution >= 0.6 is 11.6 Å². The predicted octanol–water partition coefficient (Wildman–Crippen LogP) is 1.01. The Bertz CT molecular complexity index is 421. The standard InChI is InChI=1S/C10H12ClN3O3/c11-7-5-8(13-16)9(12-6-7)10(15)14-1-3-17-4-2-14/h5-6,13,16H,1-4H2. The Morgan fingerprint density at radius 1 is 1.53 bits per heavy atom. The van der Waals surface area contributed by atoms with E-state index in [0.717, 1.165) is 0 Å². The minimum absolute atomic E-state index is 0.152. The molecule has 2 N–H and O–H groups in total. The molecule has 1 saturated heterocycles. The highest BCUT2D eigenvalue weighted by Gasteiger charge is 2.22. The van der Waals surface area contributed by atoms with Gasteiger partial charge in [0.05, 0.1) is 23.9 Å². The van der Waals surface area contributed by atoms with Crippen LogP contribution in [0.5, 0.6) is 0 Å². The number of hydrogen-bond donors (Lipinski definition) is 2. The number of nitrogens with one attached hydrogen (secondary N) is 1. The Hall–Kier alpha value is -1.37. The molecule has 6 nitrogen and oxygen atoms in total. The summed E-state index contributed by atoms with van der Waals surface area (Å²) >= 11 is 5.73. The number of ether oxygens (including phenoxy) is 1. The normalized spacial score (nSPS) is 15.8. The van der Waals surface area contributed by atoms with Crippen LogP contribution in [0, 0.1) is 0 Å². The highest BCUT2D eigenvalue weighted by Crippen LogP contribution is 2.19. The van der Waals surface area contributed by atoms with E-state index in [2.05, 4.69) is 4.98 Å². The van der Waals surface area contributed by atoms with E-state index in [-0.39, 0.29) is 17.3 Å². The molecule has 0 radical (unpaired) electrons. The van der Waals surface area contributed by atoms with Crippen molar-refractivity contribution in [1.29, 1.82) is 0 Å². The first-order valence-corrected chi connectivity index (χ1v) is 5.53. The lowest BCUT2D eigenvalue weighted by Crippen LogP contribution is -2.41. The Kier molecular flexibility index (Phi) is 3.78. The fourth-order valence-corrected chi connectivity index (χ4v) is 1.77. The first-order valence-electron chi connectivity index (χ1n) is 5.15. The van der Waals surface area contributed by atoms with Crippen molar-refractivity contribution in [2.75, 3.05) is 31.8 Å². The Labute approximate surface area is 103 Å². The number of nitrogens with zero attached hydrogens (tertiary/aromatic N) is 2. The van der Waals surface area contributed by atoms with Gasteiger partial charge in [0.25, 0.3) is 5.91 Å². The van der Waals surface area contributed by atoms with E-state index >= 15 is 0 Å². The molecule has 0 aromatic carbocycles. The predicted molar refractivity (Wildman–Crippen MR) is 61.4 cm³/mol. The highest BCUT2D eigenvalue weighted by molar-refractivity contribution is 6.30. The van der Waals surface area contributed by atoms with Crippen LogP contribution in [0.3, 0.4) is 0 Å². The van der Waals surface area contributed by atoms with Gasteiger partial charge in [0.1, 0.15) is 0 Å². The number of pyridine rings is 1. The Morgan fingerprint density at radius 2 is 2.24 bits per heavy atom. The van der Waals surface area contributed by atoms with Crippen LogP contribution in [0.2, 0.25) is 5.02 Å². The molecule has 1 fully saturated rings. The van der Waals surface area contributed by atoms with Crippen molar-refractivity contribution < 1.29 is 14.7 Å². The van der Waals surface area contributed by atoms with Gasteiger partial charge in [0.2, 0.25) is 0 Å². The second-order valence-electron chi connectivity index (χ2n) is 3.57. The number of carbonyl (C=O) groups is 1. The number of carbonyl (C=O) groups excluding carboxylic acids is 1. The summed E-state index contributed by atoms with van der Waals surface area (Å²) in [5.74, 6) is -0.249. The van der Waals surface area contributed by atoms with Crippen molar-refractivity contribution in [3.05, 3.63) is 23.0 Å². The summed E-state index contributed by atoms with van der Waals surface area (Å²) in [7, 11) is 0. The van der Waals surface area contributed by atoms with Gasteiger partial charge in [-0.1, -0.05) is 11.6 Å². The Morgan fingerprint density at radius 3 is 2.88 bits per heavy atom. The average molecular weight is 258 g/mol. The summed E-state index contributed by atoms with van der Waals surface area (Å²) in [4.78, 5) is 17.7. The molecular weight excluding hydrogens is 246 g/mol. The van der Waals surface area contributed by atoms with Crippen LogP contribution in [0.25, 0.3) is 0 Å². The smallest absolute Gasteiger partial charge is 0.274 e. The molecule has 1 aromatic rings. The number of halogens is 1. The number of rotatable bonds is 2. The molecule has 7 heteroatoms. The number of amides is 1. The van der Waals surface area contributed by atoms with Crippen LogP contribution in [-0.2, 0) is 4.74 Å². The van der Waals surface area contributed by atoms with E-state index in [1.807, 2.05) is 5.48 Å². The minimum Gasteiger partial charge on any atom is -0.378 e. The second-order valence-corrected chi connectivity index (χ2v) is 4.00. The number of morpholine rings is 1. The molecule has 1 aromatic heterocycles. The van der Waals surface area contributed by atoms with Crippen molar-refractivity contribution in [3.8, 4) is 0 Å². The monoisotopic (exact) mass is 257 g/mol. The first-order chi connectivity index (χ1) is 8.22. The van der Waals surface area contributed by atoms with Crippen molar-refractivity contribution >= 4 is 23.2 Å². The van der Waals surface area contributed by atoms with Crippen LogP contribution in [0.1, 0.15) is 10.5 Å². The molecular formula is C10H12ClN3O3. The topological polar surface area (TPSA) is 74.7 Å². The summed E-state index contributed by atoms with van der Waals surface area (Å²) in [6, 6.07) is 1.45. The third kappa shape index (κ3) is 2.66. The quantitative estimate of drug-likeness (QED) is 0.774. The van der Waals surface area contributed by atoms with Crippen LogP contribution in [-0.4, -0.2) is 47.3 Å².